The number of halogens is 1. The lowest BCUT2D eigenvalue weighted by atomic mass is 10.3. The van der Waals surface area contributed by atoms with E-state index in [-0.39, 0.29) is 0 Å². The lowest BCUT2D eigenvalue weighted by Gasteiger charge is -1.87. The zero-order chi connectivity index (χ0) is 8.39. The fourth-order valence-electron chi connectivity index (χ4n) is 1.24. The third-order valence-corrected chi connectivity index (χ3v) is 2.94. The predicted octanol–water partition coefficient (Wildman–Crippen LogP) is 2.43. The van der Waals surface area contributed by atoms with Gasteiger partial charge < -0.3 is 0 Å². The van der Waals surface area contributed by atoms with Gasteiger partial charge in [-0.2, -0.15) is 4.57 Å². The fourth-order valence-corrected chi connectivity index (χ4v) is 2.34. The van der Waals surface area contributed by atoms with E-state index in [1.165, 1.54) is 10.2 Å². The smallest absolute Gasteiger partial charge is 0.187 e. The van der Waals surface area contributed by atoms with Gasteiger partial charge in [-0.25, -0.2) is 0 Å². The van der Waals surface area contributed by atoms with Crippen LogP contribution in [0.5, 0.6) is 0 Å². The third-order valence-electron chi connectivity index (χ3n) is 1.81. The molecule has 3 heteroatoms. The second-order valence-corrected chi connectivity index (χ2v) is 3.84. The standard InChI is InChI=1S/C9H9ClNS/c10-5-6-11-7-12-9-4-2-1-3-8(9)11/h1-4,7H,5-6H2/q+1. The first-order valence-electron chi connectivity index (χ1n) is 3.83. The van der Waals surface area contributed by atoms with Gasteiger partial charge in [0.05, 0.1) is 5.88 Å². The fraction of sp³-hybridized carbons (Fsp3) is 0.222. The summed E-state index contributed by atoms with van der Waals surface area (Å²) in [5, 5.41) is 0. The molecular weight excluding hydrogens is 190 g/mol. The summed E-state index contributed by atoms with van der Waals surface area (Å²) in [5.74, 6) is 0.672. The van der Waals surface area contributed by atoms with E-state index in [0.29, 0.717) is 5.88 Å². The van der Waals surface area contributed by atoms with Crippen LogP contribution in [-0.4, -0.2) is 5.88 Å². The topological polar surface area (TPSA) is 3.88 Å². The molecule has 0 N–H and O–H groups in total. The number of alkyl halides is 1. The van der Waals surface area contributed by atoms with Crippen molar-refractivity contribution >= 4 is 33.2 Å². The van der Waals surface area contributed by atoms with Crippen molar-refractivity contribution in [2.24, 2.45) is 0 Å². The Bertz CT molecular complexity index is 383. The number of aromatic nitrogens is 1. The van der Waals surface area contributed by atoms with Crippen LogP contribution in [0.2, 0.25) is 0 Å². The number of hydrogen-bond donors (Lipinski definition) is 0. The number of thiazole rings is 1. The highest BCUT2D eigenvalue weighted by molar-refractivity contribution is 7.16. The quantitative estimate of drug-likeness (QED) is 0.516. The van der Waals surface area contributed by atoms with Crippen LogP contribution in [0.25, 0.3) is 10.2 Å². The van der Waals surface area contributed by atoms with E-state index in [1.54, 1.807) is 11.3 Å². The molecule has 0 radical (unpaired) electrons. The zero-order valence-electron chi connectivity index (χ0n) is 6.53. The lowest BCUT2D eigenvalue weighted by molar-refractivity contribution is -0.662. The Morgan fingerprint density at radius 3 is 3.00 bits per heavy atom. The van der Waals surface area contributed by atoms with E-state index in [2.05, 4.69) is 34.3 Å². The Morgan fingerprint density at radius 2 is 2.17 bits per heavy atom. The minimum atomic E-state index is 0.672. The number of para-hydroxylation sites is 1. The Labute approximate surface area is 80.2 Å². The molecule has 1 aromatic heterocycles. The van der Waals surface area contributed by atoms with E-state index in [0.717, 1.165) is 6.54 Å². The molecule has 1 heterocycles. The van der Waals surface area contributed by atoms with Gasteiger partial charge in [-0.15, -0.1) is 11.6 Å². The van der Waals surface area contributed by atoms with Crippen molar-refractivity contribution in [3.8, 4) is 0 Å². The van der Waals surface area contributed by atoms with E-state index in [9.17, 15) is 0 Å². The molecule has 0 aliphatic heterocycles. The van der Waals surface area contributed by atoms with Gasteiger partial charge >= 0.3 is 0 Å². The van der Waals surface area contributed by atoms with Crippen LogP contribution in [0, 0.1) is 0 Å². The highest BCUT2D eigenvalue weighted by Gasteiger charge is 2.08. The van der Waals surface area contributed by atoms with Crippen LogP contribution in [0.15, 0.2) is 29.8 Å². The normalized spacial score (nSPS) is 10.8. The molecule has 0 amide bonds. The molecule has 0 aliphatic carbocycles. The van der Waals surface area contributed by atoms with Crippen LogP contribution in [-0.2, 0) is 6.54 Å². The third kappa shape index (κ3) is 1.32. The molecule has 0 unspecified atom stereocenters. The molecule has 62 valence electrons. The van der Waals surface area contributed by atoms with Gasteiger partial charge in [0.15, 0.2) is 6.54 Å². The summed E-state index contributed by atoms with van der Waals surface area (Å²) in [4.78, 5) is 0. The molecule has 0 saturated heterocycles. The number of fused-ring (bicyclic) bond motifs is 1. The van der Waals surface area contributed by atoms with Gasteiger partial charge in [-0.3, -0.25) is 0 Å². The van der Waals surface area contributed by atoms with Gasteiger partial charge in [-0.1, -0.05) is 23.5 Å². The molecule has 0 fully saturated rings. The molecule has 2 aromatic rings. The maximum Gasteiger partial charge on any atom is 0.225 e. The first kappa shape index (κ1) is 8.02. The van der Waals surface area contributed by atoms with Crippen molar-refractivity contribution in [1.29, 1.82) is 0 Å². The summed E-state index contributed by atoms with van der Waals surface area (Å²) < 4.78 is 3.51. The molecule has 12 heavy (non-hydrogen) atoms. The van der Waals surface area contributed by atoms with Gasteiger partial charge in [0, 0.05) is 6.07 Å². The molecular formula is C9H9ClNS+. The monoisotopic (exact) mass is 198 g/mol. The molecule has 0 atom stereocenters. The molecule has 0 saturated carbocycles. The van der Waals surface area contributed by atoms with E-state index >= 15 is 0 Å². The first-order valence-corrected chi connectivity index (χ1v) is 5.25. The average molecular weight is 199 g/mol. The van der Waals surface area contributed by atoms with E-state index < -0.39 is 0 Å². The predicted molar refractivity (Wildman–Crippen MR) is 52.7 cm³/mol. The summed E-state index contributed by atoms with van der Waals surface area (Å²) in [7, 11) is 0. The van der Waals surface area contributed by atoms with E-state index in [4.69, 9.17) is 11.6 Å². The molecule has 1 nitrogen and oxygen atoms in total. The Hall–Kier alpha value is -0.600. The summed E-state index contributed by atoms with van der Waals surface area (Å²) in [6.45, 7) is 0.894. The number of hydrogen-bond acceptors (Lipinski definition) is 1. The van der Waals surface area contributed by atoms with Gasteiger partial charge in [0.1, 0.15) is 4.70 Å². The van der Waals surface area contributed by atoms with Crippen molar-refractivity contribution in [2.75, 3.05) is 5.88 Å². The van der Waals surface area contributed by atoms with Crippen LogP contribution in [0.3, 0.4) is 0 Å². The van der Waals surface area contributed by atoms with Crippen molar-refractivity contribution in [3.63, 3.8) is 0 Å². The molecule has 0 spiro atoms. The Morgan fingerprint density at radius 1 is 1.33 bits per heavy atom. The summed E-state index contributed by atoms with van der Waals surface area (Å²) in [6, 6.07) is 8.37. The number of rotatable bonds is 2. The van der Waals surface area contributed by atoms with Crippen LogP contribution in [0.4, 0.5) is 0 Å². The molecule has 0 bridgehead atoms. The van der Waals surface area contributed by atoms with Gasteiger partial charge in [0.25, 0.3) is 0 Å². The van der Waals surface area contributed by atoms with E-state index in [1.807, 2.05) is 0 Å². The highest BCUT2D eigenvalue weighted by Crippen LogP contribution is 2.14. The van der Waals surface area contributed by atoms with Crippen LogP contribution >= 0.6 is 22.9 Å². The highest BCUT2D eigenvalue weighted by atomic mass is 35.5. The largest absolute Gasteiger partial charge is 0.225 e. The maximum atomic E-state index is 5.68. The molecule has 2 rings (SSSR count). The van der Waals surface area contributed by atoms with Gasteiger partial charge in [-0.05, 0) is 6.07 Å². The summed E-state index contributed by atoms with van der Waals surface area (Å²) >= 11 is 7.44. The SMILES string of the molecule is ClCC[n+]1csc2ccccc21. The maximum absolute atomic E-state index is 5.68. The van der Waals surface area contributed by atoms with Crippen LogP contribution in [0.1, 0.15) is 0 Å². The number of benzene rings is 1. The minimum Gasteiger partial charge on any atom is -0.187 e. The second kappa shape index (κ2) is 3.42. The molecule has 0 aliphatic rings. The zero-order valence-corrected chi connectivity index (χ0v) is 8.11. The van der Waals surface area contributed by atoms with Crippen molar-refractivity contribution in [2.45, 2.75) is 6.54 Å². The van der Waals surface area contributed by atoms with Crippen molar-refractivity contribution in [3.05, 3.63) is 29.8 Å². The minimum absolute atomic E-state index is 0.672. The lowest BCUT2D eigenvalue weighted by Crippen LogP contribution is -2.32. The number of nitrogens with zero attached hydrogens (tertiary/aromatic N) is 1. The van der Waals surface area contributed by atoms with Crippen molar-refractivity contribution in [1.82, 2.24) is 0 Å². The average Bonchev–Trinajstić information content (AvgIpc) is 2.50. The number of aryl methyl sites for hydroxylation is 1. The van der Waals surface area contributed by atoms with Crippen molar-refractivity contribution < 1.29 is 4.57 Å². The summed E-state index contributed by atoms with van der Waals surface area (Å²) in [5.41, 5.74) is 3.40. The van der Waals surface area contributed by atoms with Crippen LogP contribution < -0.4 is 4.57 Å². The first-order chi connectivity index (χ1) is 5.92. The Kier molecular flexibility index (Phi) is 2.28. The molecule has 1 aromatic carbocycles. The second-order valence-electron chi connectivity index (χ2n) is 2.57. The summed E-state index contributed by atoms with van der Waals surface area (Å²) in [6.07, 6.45) is 0. The Balaban J connectivity index is 2.55. The van der Waals surface area contributed by atoms with Gasteiger partial charge in [0.2, 0.25) is 11.0 Å².